The molecule has 3 heteroatoms. The molecule has 0 unspecified atom stereocenters. The van der Waals surface area contributed by atoms with E-state index in [9.17, 15) is 0 Å². The van der Waals surface area contributed by atoms with Crippen molar-refractivity contribution in [3.63, 3.8) is 0 Å². The van der Waals surface area contributed by atoms with Gasteiger partial charge in [0.05, 0.1) is 4.88 Å². The molecular weight excluding hydrogens is 122 g/mol. The van der Waals surface area contributed by atoms with Gasteiger partial charge in [0, 0.05) is 17.8 Å². The predicted molar refractivity (Wildman–Crippen MR) is 31.0 cm³/mol. The molecule has 8 heavy (non-hydrogen) atoms. The summed E-state index contributed by atoms with van der Waals surface area (Å²) in [7, 11) is 0. The maximum absolute atomic E-state index is 4.88. The van der Waals surface area contributed by atoms with Crippen molar-refractivity contribution in [1.29, 1.82) is 0 Å². The van der Waals surface area contributed by atoms with E-state index in [2.05, 4.69) is 4.98 Å². The summed E-state index contributed by atoms with van der Waals surface area (Å²) in [6.07, 6.45) is 3.43. The van der Waals surface area contributed by atoms with Crippen LogP contribution in [0.25, 0.3) is 10.6 Å². The van der Waals surface area contributed by atoms with Gasteiger partial charge in [-0.25, -0.2) is 0 Å². The van der Waals surface area contributed by atoms with Gasteiger partial charge in [0.25, 0.3) is 0 Å². The maximum Gasteiger partial charge on any atom is 0.135 e. The minimum atomic E-state index is 0.954. The van der Waals surface area contributed by atoms with Gasteiger partial charge in [0.15, 0.2) is 0 Å². The standard InChI is InChI=1S/C5H3NOS/c1-2-6-4-3-7-8-5(1)4/h1-3H. The van der Waals surface area contributed by atoms with Crippen LogP contribution in [0.5, 0.6) is 0 Å². The Hall–Kier alpha value is -0.830. The first kappa shape index (κ1) is 4.09. The molecule has 0 N–H and O–H groups in total. The molecule has 0 saturated heterocycles. The quantitative estimate of drug-likeness (QED) is 0.537. The molecule has 2 nitrogen and oxygen atoms in total. The number of nitrogens with zero attached hydrogens (tertiary/aromatic N) is 1. The van der Waals surface area contributed by atoms with Gasteiger partial charge in [-0.3, -0.25) is 4.98 Å². The highest BCUT2D eigenvalue weighted by molar-refractivity contribution is 7.07. The van der Waals surface area contributed by atoms with Crippen molar-refractivity contribution in [2.75, 3.05) is 0 Å². The van der Waals surface area contributed by atoms with Gasteiger partial charge in [-0.2, -0.15) is 0 Å². The summed E-state index contributed by atoms with van der Waals surface area (Å²) >= 11 is 1.36. The summed E-state index contributed by atoms with van der Waals surface area (Å²) in [4.78, 5) is 5.11. The molecule has 2 aliphatic rings. The van der Waals surface area contributed by atoms with Crippen molar-refractivity contribution < 1.29 is 3.85 Å². The molecule has 0 aromatic carbocycles. The largest absolute Gasteiger partial charge is 0.407 e. The highest BCUT2D eigenvalue weighted by Gasteiger charge is 2.03. The third kappa shape index (κ3) is 0.391. The molecule has 0 bridgehead atoms. The molecule has 2 heterocycles. The van der Waals surface area contributed by atoms with E-state index in [1.54, 1.807) is 12.5 Å². The Labute approximate surface area is 50.3 Å². The Balaban J connectivity index is 2.84. The molecule has 0 aromatic rings. The normalized spacial score (nSPS) is 10.5. The summed E-state index contributed by atoms with van der Waals surface area (Å²) < 4.78 is 4.88. The van der Waals surface area contributed by atoms with E-state index in [0.29, 0.717) is 0 Å². The number of hydrogen-bond donors (Lipinski definition) is 0. The lowest BCUT2D eigenvalue weighted by Crippen LogP contribution is -1.58. The summed E-state index contributed by atoms with van der Waals surface area (Å²) in [6, 6.07) is 1.93. The fourth-order valence-corrected chi connectivity index (χ4v) is 1.16. The van der Waals surface area contributed by atoms with Crippen molar-refractivity contribution >= 4 is 11.6 Å². The SMILES string of the molecule is c1cc2socc-2n1. The molecule has 0 aliphatic carbocycles. The topological polar surface area (TPSA) is 26.0 Å². The van der Waals surface area contributed by atoms with E-state index in [1.807, 2.05) is 6.07 Å². The molecule has 0 amide bonds. The van der Waals surface area contributed by atoms with Crippen LogP contribution in [0.1, 0.15) is 0 Å². The van der Waals surface area contributed by atoms with Crippen molar-refractivity contribution in [3.05, 3.63) is 18.5 Å². The second-order valence-corrected chi connectivity index (χ2v) is 2.29. The van der Waals surface area contributed by atoms with Gasteiger partial charge in [0.1, 0.15) is 12.0 Å². The molecule has 2 rings (SSSR count). The van der Waals surface area contributed by atoms with E-state index in [0.717, 1.165) is 10.6 Å². The average molecular weight is 125 g/mol. The molecule has 0 fully saturated rings. The van der Waals surface area contributed by atoms with Crippen molar-refractivity contribution in [2.45, 2.75) is 0 Å². The molecule has 0 radical (unpaired) electrons. The van der Waals surface area contributed by atoms with Gasteiger partial charge < -0.3 is 3.85 Å². The lowest BCUT2D eigenvalue weighted by atomic mass is 10.4. The highest BCUT2D eigenvalue weighted by atomic mass is 32.1. The van der Waals surface area contributed by atoms with Crippen molar-refractivity contribution in [1.82, 2.24) is 4.98 Å². The van der Waals surface area contributed by atoms with Gasteiger partial charge in [-0.1, -0.05) is 0 Å². The molecule has 0 saturated carbocycles. The second kappa shape index (κ2) is 1.32. The third-order valence-corrected chi connectivity index (χ3v) is 1.71. The first-order valence-corrected chi connectivity index (χ1v) is 2.99. The molecular formula is C5H3NOS. The van der Waals surface area contributed by atoms with E-state index in [-0.39, 0.29) is 0 Å². The molecule has 0 spiro atoms. The lowest BCUT2D eigenvalue weighted by molar-refractivity contribution is 0.692. The Bertz CT molecular complexity index is 204. The predicted octanol–water partition coefficient (Wildman–Crippen LogP) is 1.84. The summed E-state index contributed by atoms with van der Waals surface area (Å²) in [6.45, 7) is 0. The van der Waals surface area contributed by atoms with Crippen molar-refractivity contribution in [2.24, 2.45) is 0 Å². The van der Waals surface area contributed by atoms with Gasteiger partial charge in [0.2, 0.25) is 0 Å². The van der Waals surface area contributed by atoms with Crippen LogP contribution in [0.2, 0.25) is 0 Å². The van der Waals surface area contributed by atoms with Gasteiger partial charge in [-0.15, -0.1) is 0 Å². The van der Waals surface area contributed by atoms with Crippen LogP contribution in [0.15, 0.2) is 22.4 Å². The van der Waals surface area contributed by atoms with Crippen LogP contribution < -0.4 is 0 Å². The van der Waals surface area contributed by atoms with Crippen LogP contribution in [0.3, 0.4) is 0 Å². The summed E-state index contributed by atoms with van der Waals surface area (Å²) in [5, 5.41) is 0. The van der Waals surface area contributed by atoms with E-state index in [1.165, 1.54) is 11.6 Å². The highest BCUT2D eigenvalue weighted by Crippen LogP contribution is 2.25. The van der Waals surface area contributed by atoms with Crippen LogP contribution in [-0.4, -0.2) is 4.98 Å². The zero-order valence-electron chi connectivity index (χ0n) is 4.00. The minimum absolute atomic E-state index is 0.954. The fourth-order valence-electron chi connectivity index (χ4n) is 0.615. The van der Waals surface area contributed by atoms with Gasteiger partial charge >= 0.3 is 0 Å². The fraction of sp³-hybridized carbons (Fsp3) is 0. The average Bonchev–Trinajstić information content (AvgIpc) is 2.15. The first-order valence-electron chi connectivity index (χ1n) is 2.25. The number of hydrogen-bond acceptors (Lipinski definition) is 3. The Morgan fingerprint density at radius 2 is 2.62 bits per heavy atom. The van der Waals surface area contributed by atoms with E-state index >= 15 is 0 Å². The van der Waals surface area contributed by atoms with Crippen LogP contribution in [0.4, 0.5) is 0 Å². The van der Waals surface area contributed by atoms with E-state index < -0.39 is 0 Å². The minimum Gasteiger partial charge on any atom is -0.407 e. The van der Waals surface area contributed by atoms with E-state index in [4.69, 9.17) is 3.85 Å². The number of aromatic nitrogens is 1. The van der Waals surface area contributed by atoms with Gasteiger partial charge in [-0.05, 0) is 6.07 Å². The van der Waals surface area contributed by atoms with Crippen LogP contribution in [-0.2, 0) is 0 Å². The zero-order chi connectivity index (χ0) is 5.40. The molecule has 0 atom stereocenters. The number of fused-ring (bicyclic) bond motifs is 1. The first-order chi connectivity index (χ1) is 3.97. The molecule has 2 aliphatic heterocycles. The lowest BCUT2D eigenvalue weighted by Gasteiger charge is -1.70. The van der Waals surface area contributed by atoms with Crippen molar-refractivity contribution in [3.8, 4) is 10.6 Å². The summed E-state index contributed by atoms with van der Waals surface area (Å²) in [5.74, 6) is 0. The zero-order valence-corrected chi connectivity index (χ0v) is 4.81. The smallest absolute Gasteiger partial charge is 0.135 e. The van der Waals surface area contributed by atoms with Crippen LogP contribution in [0, 0.1) is 0 Å². The molecule has 40 valence electrons. The molecule has 0 aromatic heterocycles. The van der Waals surface area contributed by atoms with Crippen LogP contribution >= 0.6 is 11.6 Å². The maximum atomic E-state index is 4.88. The Kier molecular flexibility index (Phi) is 0.676. The second-order valence-electron chi connectivity index (χ2n) is 1.49. The number of rotatable bonds is 0. The Morgan fingerprint density at radius 3 is 3.50 bits per heavy atom. The summed E-state index contributed by atoms with van der Waals surface area (Å²) in [5.41, 5.74) is 0.954. The third-order valence-electron chi connectivity index (χ3n) is 0.990. The monoisotopic (exact) mass is 125 g/mol. The Morgan fingerprint density at radius 1 is 1.62 bits per heavy atom.